The van der Waals surface area contributed by atoms with Crippen molar-refractivity contribution in [1.29, 1.82) is 0 Å². The highest BCUT2D eigenvalue weighted by atomic mass is 16.5. The lowest BCUT2D eigenvalue weighted by Crippen LogP contribution is -2.40. The third-order valence-electron chi connectivity index (χ3n) is 5.69. The standard InChI is InChI=1S/C18H27N3O3/c1-20(17(12-2-3-12)13-4-5-13)18(23)16-10-15(24-19-16)11-21-8-6-14(22)7-9-21/h10,12-14,17,22H,2-9,11H2,1H3. The maximum atomic E-state index is 12.8. The number of carbonyl (C=O) groups is 1. The van der Waals surface area contributed by atoms with Gasteiger partial charge in [-0.05, 0) is 50.4 Å². The van der Waals surface area contributed by atoms with Crippen LogP contribution in [0.25, 0.3) is 0 Å². The summed E-state index contributed by atoms with van der Waals surface area (Å²) in [6.07, 6.45) is 6.43. The van der Waals surface area contributed by atoms with E-state index in [9.17, 15) is 9.90 Å². The first-order chi connectivity index (χ1) is 11.6. The van der Waals surface area contributed by atoms with Gasteiger partial charge in [-0.15, -0.1) is 0 Å². The minimum Gasteiger partial charge on any atom is -0.393 e. The summed E-state index contributed by atoms with van der Waals surface area (Å²) in [4.78, 5) is 16.9. The van der Waals surface area contributed by atoms with Crippen LogP contribution < -0.4 is 0 Å². The van der Waals surface area contributed by atoms with Crippen LogP contribution in [0.4, 0.5) is 0 Å². The van der Waals surface area contributed by atoms with Gasteiger partial charge >= 0.3 is 0 Å². The van der Waals surface area contributed by atoms with E-state index in [1.54, 1.807) is 6.07 Å². The number of carbonyl (C=O) groups excluding carboxylic acids is 1. The summed E-state index contributed by atoms with van der Waals surface area (Å²) < 4.78 is 5.40. The number of aromatic nitrogens is 1. The van der Waals surface area contributed by atoms with Crippen LogP contribution in [0.15, 0.2) is 10.6 Å². The van der Waals surface area contributed by atoms with Crippen molar-refractivity contribution in [2.45, 2.75) is 57.2 Å². The Labute approximate surface area is 142 Å². The van der Waals surface area contributed by atoms with Crippen LogP contribution in [0.5, 0.6) is 0 Å². The molecule has 0 atom stereocenters. The van der Waals surface area contributed by atoms with Crippen molar-refractivity contribution >= 4 is 5.91 Å². The zero-order chi connectivity index (χ0) is 16.7. The SMILES string of the molecule is CN(C(=O)c1cc(CN2CCC(O)CC2)on1)C(C1CC1)C1CC1. The summed E-state index contributed by atoms with van der Waals surface area (Å²) in [7, 11) is 1.92. The number of hydrogen-bond donors (Lipinski definition) is 1. The third-order valence-corrected chi connectivity index (χ3v) is 5.69. The van der Waals surface area contributed by atoms with Crippen LogP contribution in [0.2, 0.25) is 0 Å². The number of piperidine rings is 1. The number of rotatable bonds is 6. The topological polar surface area (TPSA) is 69.8 Å². The maximum absolute atomic E-state index is 12.8. The van der Waals surface area contributed by atoms with Gasteiger partial charge in [0.25, 0.3) is 5.91 Å². The van der Waals surface area contributed by atoms with Gasteiger partial charge in [0.2, 0.25) is 0 Å². The van der Waals surface area contributed by atoms with Crippen molar-refractivity contribution in [3.8, 4) is 0 Å². The zero-order valence-electron chi connectivity index (χ0n) is 14.4. The lowest BCUT2D eigenvalue weighted by Gasteiger charge is -2.28. The van der Waals surface area contributed by atoms with Crippen LogP contribution in [0, 0.1) is 11.8 Å². The Kier molecular flexibility index (Phi) is 4.35. The van der Waals surface area contributed by atoms with Gasteiger partial charge in [-0.1, -0.05) is 5.16 Å². The van der Waals surface area contributed by atoms with Crippen molar-refractivity contribution in [3.63, 3.8) is 0 Å². The molecule has 24 heavy (non-hydrogen) atoms. The van der Waals surface area contributed by atoms with Crippen LogP contribution in [0.3, 0.4) is 0 Å². The second-order valence-corrected chi connectivity index (χ2v) is 7.77. The van der Waals surface area contributed by atoms with E-state index >= 15 is 0 Å². The van der Waals surface area contributed by atoms with Gasteiger partial charge in [0.15, 0.2) is 11.5 Å². The van der Waals surface area contributed by atoms with E-state index < -0.39 is 0 Å². The fourth-order valence-electron chi connectivity index (χ4n) is 4.00. The molecular weight excluding hydrogens is 306 g/mol. The van der Waals surface area contributed by atoms with Gasteiger partial charge in [0, 0.05) is 32.2 Å². The number of hydrogen-bond acceptors (Lipinski definition) is 5. The molecule has 0 spiro atoms. The van der Waals surface area contributed by atoms with E-state index in [0.29, 0.717) is 30.1 Å². The van der Waals surface area contributed by atoms with Crippen molar-refractivity contribution in [1.82, 2.24) is 15.0 Å². The van der Waals surface area contributed by atoms with Gasteiger partial charge in [-0.25, -0.2) is 0 Å². The zero-order valence-corrected chi connectivity index (χ0v) is 14.4. The van der Waals surface area contributed by atoms with E-state index in [1.807, 2.05) is 11.9 Å². The van der Waals surface area contributed by atoms with Crippen molar-refractivity contribution in [2.24, 2.45) is 11.8 Å². The fraction of sp³-hybridized carbons (Fsp3) is 0.778. The molecule has 1 aromatic heterocycles. The molecule has 2 saturated carbocycles. The molecule has 6 nitrogen and oxygen atoms in total. The molecule has 4 rings (SSSR count). The van der Waals surface area contributed by atoms with Gasteiger partial charge in [-0.3, -0.25) is 9.69 Å². The summed E-state index contributed by atoms with van der Waals surface area (Å²) >= 11 is 0. The Morgan fingerprint density at radius 2 is 1.92 bits per heavy atom. The normalized spacial score (nSPS) is 23.0. The molecule has 0 radical (unpaired) electrons. The summed E-state index contributed by atoms with van der Waals surface area (Å²) in [6.45, 7) is 2.37. The van der Waals surface area contributed by atoms with Crippen LogP contribution >= 0.6 is 0 Å². The summed E-state index contributed by atoms with van der Waals surface area (Å²) in [6, 6.07) is 2.18. The fourth-order valence-corrected chi connectivity index (χ4v) is 4.00. The Morgan fingerprint density at radius 3 is 2.50 bits per heavy atom. The molecule has 1 saturated heterocycles. The highest BCUT2D eigenvalue weighted by Crippen LogP contribution is 2.47. The predicted molar refractivity (Wildman–Crippen MR) is 88.4 cm³/mol. The first kappa shape index (κ1) is 16.1. The largest absolute Gasteiger partial charge is 0.393 e. The molecule has 0 aromatic carbocycles. The second-order valence-electron chi connectivity index (χ2n) is 7.77. The second kappa shape index (κ2) is 6.48. The summed E-state index contributed by atoms with van der Waals surface area (Å²) in [5, 5.41) is 13.6. The molecule has 6 heteroatoms. The summed E-state index contributed by atoms with van der Waals surface area (Å²) in [5.74, 6) is 2.11. The molecule has 2 heterocycles. The molecule has 1 N–H and O–H groups in total. The van der Waals surface area contributed by atoms with Gasteiger partial charge in [-0.2, -0.15) is 0 Å². The van der Waals surface area contributed by atoms with Gasteiger partial charge < -0.3 is 14.5 Å². The number of amides is 1. The first-order valence-corrected chi connectivity index (χ1v) is 9.25. The van der Waals surface area contributed by atoms with Crippen molar-refractivity contribution < 1.29 is 14.4 Å². The van der Waals surface area contributed by atoms with E-state index in [0.717, 1.165) is 31.7 Å². The molecule has 0 bridgehead atoms. The molecule has 2 aliphatic carbocycles. The molecule has 1 aliphatic heterocycles. The lowest BCUT2D eigenvalue weighted by molar-refractivity contribution is 0.0677. The Balaban J connectivity index is 1.37. The number of aliphatic hydroxyl groups is 1. The monoisotopic (exact) mass is 333 g/mol. The lowest BCUT2D eigenvalue weighted by atomic mass is 10.1. The average molecular weight is 333 g/mol. The molecular formula is C18H27N3O3. The Hall–Kier alpha value is -1.40. The van der Waals surface area contributed by atoms with E-state index in [1.165, 1.54) is 25.7 Å². The van der Waals surface area contributed by atoms with Gasteiger partial charge in [0.1, 0.15) is 0 Å². The smallest absolute Gasteiger partial charge is 0.276 e. The first-order valence-electron chi connectivity index (χ1n) is 9.25. The molecule has 3 fully saturated rings. The predicted octanol–water partition coefficient (Wildman–Crippen LogP) is 1.89. The average Bonchev–Trinajstić information content (AvgIpc) is 3.51. The minimum absolute atomic E-state index is 0.0112. The highest BCUT2D eigenvalue weighted by molar-refractivity contribution is 5.92. The highest BCUT2D eigenvalue weighted by Gasteiger charge is 2.45. The molecule has 1 amide bonds. The molecule has 132 valence electrons. The van der Waals surface area contributed by atoms with E-state index in [-0.39, 0.29) is 12.0 Å². The Bertz CT molecular complexity index is 574. The number of nitrogens with zero attached hydrogens (tertiary/aromatic N) is 3. The van der Waals surface area contributed by atoms with Gasteiger partial charge in [0.05, 0.1) is 12.6 Å². The van der Waals surface area contributed by atoms with Crippen LogP contribution in [0.1, 0.15) is 54.8 Å². The summed E-state index contributed by atoms with van der Waals surface area (Å²) in [5.41, 5.74) is 0.427. The number of aliphatic hydroxyl groups excluding tert-OH is 1. The quantitative estimate of drug-likeness (QED) is 0.861. The van der Waals surface area contributed by atoms with Crippen molar-refractivity contribution in [2.75, 3.05) is 20.1 Å². The maximum Gasteiger partial charge on any atom is 0.276 e. The minimum atomic E-state index is -0.177. The molecule has 3 aliphatic rings. The Morgan fingerprint density at radius 1 is 1.29 bits per heavy atom. The van der Waals surface area contributed by atoms with Crippen LogP contribution in [-0.2, 0) is 6.54 Å². The molecule has 1 aromatic rings. The molecule has 0 unspecified atom stereocenters. The third kappa shape index (κ3) is 3.49. The van der Waals surface area contributed by atoms with Crippen molar-refractivity contribution in [3.05, 3.63) is 17.5 Å². The van der Waals surface area contributed by atoms with E-state index in [2.05, 4.69) is 10.1 Å². The van der Waals surface area contributed by atoms with E-state index in [4.69, 9.17) is 4.52 Å². The van der Waals surface area contributed by atoms with Crippen LogP contribution in [-0.4, -0.2) is 58.3 Å². The number of likely N-dealkylation sites (tertiary alicyclic amines) is 1.